The Balaban J connectivity index is 2.66. The number of nitrogens with zero attached hydrogens (tertiary/aromatic N) is 2. The second kappa shape index (κ2) is 3.94. The molecule has 0 aliphatic rings. The lowest BCUT2D eigenvalue weighted by Gasteiger charge is -1.99. The van der Waals surface area contributed by atoms with E-state index in [-0.39, 0.29) is 17.0 Å². The number of hydrogen-bond donors (Lipinski definition) is 1. The van der Waals surface area contributed by atoms with E-state index in [1.807, 2.05) is 0 Å². The van der Waals surface area contributed by atoms with Crippen LogP contribution in [0, 0.1) is 6.92 Å². The molecule has 5 nitrogen and oxygen atoms in total. The summed E-state index contributed by atoms with van der Waals surface area (Å²) in [4.78, 5) is 15.0. The molecule has 82 valence electrons. The van der Waals surface area contributed by atoms with Gasteiger partial charge in [-0.2, -0.15) is 0 Å². The molecule has 2 aromatic rings. The highest BCUT2D eigenvalue weighted by molar-refractivity contribution is 6.33. The van der Waals surface area contributed by atoms with E-state index < -0.39 is 5.97 Å². The lowest BCUT2D eigenvalue weighted by atomic mass is 10.1. The molecule has 0 radical (unpaired) electrons. The van der Waals surface area contributed by atoms with Crippen molar-refractivity contribution < 1.29 is 14.4 Å². The zero-order chi connectivity index (χ0) is 11.7. The van der Waals surface area contributed by atoms with Crippen LogP contribution in [0.3, 0.4) is 0 Å². The van der Waals surface area contributed by atoms with E-state index in [2.05, 4.69) is 10.1 Å². The Morgan fingerprint density at radius 1 is 1.50 bits per heavy atom. The number of halogens is 1. The van der Waals surface area contributed by atoms with Gasteiger partial charge in [-0.1, -0.05) is 16.8 Å². The Labute approximate surface area is 95.7 Å². The van der Waals surface area contributed by atoms with Crippen LogP contribution in [0.4, 0.5) is 0 Å². The molecule has 2 aromatic heterocycles. The third-order valence-electron chi connectivity index (χ3n) is 2.06. The third-order valence-corrected chi connectivity index (χ3v) is 2.36. The zero-order valence-electron chi connectivity index (χ0n) is 8.27. The number of pyridine rings is 1. The average molecular weight is 239 g/mol. The van der Waals surface area contributed by atoms with Crippen molar-refractivity contribution in [2.24, 2.45) is 0 Å². The maximum atomic E-state index is 11.0. The standard InChI is InChI=1S/C10H7ClN2O3/c1-5-7(10(14)15)9(13-16-5)8-6(11)3-2-4-12-8/h2-4H,1H3,(H,14,15). The monoisotopic (exact) mass is 238 g/mol. The lowest BCUT2D eigenvalue weighted by Crippen LogP contribution is -2.00. The number of carboxylic acid groups (broad SMARTS) is 1. The highest BCUT2D eigenvalue weighted by Gasteiger charge is 2.23. The summed E-state index contributed by atoms with van der Waals surface area (Å²) in [5.41, 5.74) is 0.439. The number of carbonyl (C=O) groups is 1. The molecule has 0 saturated carbocycles. The number of aromatic nitrogens is 2. The largest absolute Gasteiger partial charge is 0.477 e. The van der Waals surface area contributed by atoms with E-state index in [4.69, 9.17) is 21.2 Å². The van der Waals surface area contributed by atoms with Crippen molar-refractivity contribution in [1.29, 1.82) is 0 Å². The van der Waals surface area contributed by atoms with Crippen molar-refractivity contribution in [1.82, 2.24) is 10.1 Å². The Kier molecular flexibility index (Phi) is 2.62. The molecule has 0 atom stereocenters. The molecule has 0 aliphatic carbocycles. The molecule has 2 heterocycles. The van der Waals surface area contributed by atoms with Gasteiger partial charge in [-0.05, 0) is 19.1 Å². The quantitative estimate of drug-likeness (QED) is 0.869. The molecule has 0 amide bonds. The fourth-order valence-corrected chi connectivity index (χ4v) is 1.56. The van der Waals surface area contributed by atoms with E-state index >= 15 is 0 Å². The number of rotatable bonds is 2. The van der Waals surface area contributed by atoms with Crippen LogP contribution in [0.1, 0.15) is 16.1 Å². The Morgan fingerprint density at radius 3 is 2.88 bits per heavy atom. The van der Waals surface area contributed by atoms with Gasteiger partial charge in [0, 0.05) is 6.20 Å². The molecular formula is C10H7ClN2O3. The summed E-state index contributed by atoms with van der Waals surface area (Å²) >= 11 is 5.91. The van der Waals surface area contributed by atoms with Crippen LogP contribution in [-0.4, -0.2) is 21.2 Å². The number of hydrogen-bond acceptors (Lipinski definition) is 4. The average Bonchev–Trinajstić information content (AvgIpc) is 2.61. The molecule has 2 rings (SSSR count). The van der Waals surface area contributed by atoms with Crippen molar-refractivity contribution in [2.45, 2.75) is 6.92 Å². The van der Waals surface area contributed by atoms with Crippen LogP contribution in [0.15, 0.2) is 22.9 Å². The van der Waals surface area contributed by atoms with Crippen molar-refractivity contribution >= 4 is 17.6 Å². The normalized spacial score (nSPS) is 10.4. The molecule has 0 aliphatic heterocycles. The van der Waals surface area contributed by atoms with Crippen molar-refractivity contribution in [3.63, 3.8) is 0 Å². The number of carboxylic acids is 1. The summed E-state index contributed by atoms with van der Waals surface area (Å²) in [6.45, 7) is 1.52. The van der Waals surface area contributed by atoms with Gasteiger partial charge in [-0.15, -0.1) is 0 Å². The van der Waals surface area contributed by atoms with Crippen LogP contribution < -0.4 is 0 Å². The van der Waals surface area contributed by atoms with Crippen LogP contribution in [0.25, 0.3) is 11.4 Å². The molecule has 0 unspecified atom stereocenters. The summed E-state index contributed by atoms with van der Waals surface area (Å²) in [7, 11) is 0. The van der Waals surface area contributed by atoms with Crippen LogP contribution >= 0.6 is 11.6 Å². The lowest BCUT2D eigenvalue weighted by molar-refractivity contribution is 0.0695. The minimum atomic E-state index is -1.12. The molecule has 16 heavy (non-hydrogen) atoms. The van der Waals surface area contributed by atoms with Gasteiger partial charge >= 0.3 is 5.97 Å². The van der Waals surface area contributed by atoms with Crippen LogP contribution in [0.5, 0.6) is 0 Å². The van der Waals surface area contributed by atoms with Crippen molar-refractivity contribution in [2.75, 3.05) is 0 Å². The molecule has 1 N–H and O–H groups in total. The van der Waals surface area contributed by atoms with Crippen LogP contribution in [0.2, 0.25) is 5.02 Å². The number of aromatic carboxylic acids is 1. The zero-order valence-corrected chi connectivity index (χ0v) is 9.02. The fraction of sp³-hybridized carbons (Fsp3) is 0.100. The Hall–Kier alpha value is -1.88. The second-order valence-electron chi connectivity index (χ2n) is 3.10. The summed E-state index contributed by atoms with van der Waals surface area (Å²) < 4.78 is 4.84. The molecule has 0 spiro atoms. The smallest absolute Gasteiger partial charge is 0.341 e. The highest BCUT2D eigenvalue weighted by Crippen LogP contribution is 2.28. The minimum Gasteiger partial charge on any atom is -0.477 e. The van der Waals surface area contributed by atoms with Crippen LogP contribution in [-0.2, 0) is 0 Å². The first-order valence-corrected chi connectivity index (χ1v) is 4.79. The van der Waals surface area contributed by atoms with Gasteiger partial charge in [0.2, 0.25) is 0 Å². The summed E-state index contributed by atoms with van der Waals surface area (Å²) in [5.74, 6) is -0.889. The van der Waals surface area contributed by atoms with Crippen molar-refractivity contribution in [3.8, 4) is 11.4 Å². The molecule has 0 fully saturated rings. The van der Waals surface area contributed by atoms with Gasteiger partial charge in [0.05, 0.1) is 5.02 Å². The first kappa shape index (κ1) is 10.6. The van der Waals surface area contributed by atoms with E-state index in [1.54, 1.807) is 12.1 Å². The summed E-state index contributed by atoms with van der Waals surface area (Å²) in [6.07, 6.45) is 1.51. The van der Waals surface area contributed by atoms with E-state index in [1.165, 1.54) is 13.1 Å². The van der Waals surface area contributed by atoms with Crippen molar-refractivity contribution in [3.05, 3.63) is 34.7 Å². The Bertz CT molecular complexity index is 551. The van der Waals surface area contributed by atoms with Gasteiger partial charge < -0.3 is 9.63 Å². The maximum absolute atomic E-state index is 11.0. The number of aryl methyl sites for hydroxylation is 1. The predicted octanol–water partition coefficient (Wildman–Crippen LogP) is 2.40. The minimum absolute atomic E-state index is 0.0133. The van der Waals surface area contributed by atoms with E-state index in [0.717, 1.165) is 0 Å². The van der Waals surface area contributed by atoms with Gasteiger partial charge in [0.1, 0.15) is 22.7 Å². The van der Waals surface area contributed by atoms with Gasteiger partial charge in [0.15, 0.2) is 0 Å². The SMILES string of the molecule is Cc1onc(-c2ncccc2Cl)c1C(=O)O. The molecular weight excluding hydrogens is 232 g/mol. The predicted molar refractivity (Wildman–Crippen MR) is 56.4 cm³/mol. The summed E-state index contributed by atoms with van der Waals surface area (Å²) in [6, 6.07) is 3.26. The topological polar surface area (TPSA) is 76.2 Å². The molecule has 0 bridgehead atoms. The fourth-order valence-electron chi connectivity index (χ4n) is 1.35. The maximum Gasteiger partial charge on any atom is 0.341 e. The van der Waals surface area contributed by atoms with Gasteiger partial charge in [-0.3, -0.25) is 4.98 Å². The second-order valence-corrected chi connectivity index (χ2v) is 3.51. The highest BCUT2D eigenvalue weighted by atomic mass is 35.5. The third kappa shape index (κ3) is 1.65. The molecule has 0 aromatic carbocycles. The first-order valence-electron chi connectivity index (χ1n) is 4.41. The van der Waals surface area contributed by atoms with E-state index in [9.17, 15) is 4.79 Å². The van der Waals surface area contributed by atoms with E-state index in [0.29, 0.717) is 10.7 Å². The Morgan fingerprint density at radius 2 is 2.25 bits per heavy atom. The summed E-state index contributed by atoms with van der Waals surface area (Å²) in [5, 5.41) is 13.0. The van der Waals surface area contributed by atoms with Gasteiger partial charge in [-0.25, -0.2) is 4.79 Å². The molecule has 6 heteroatoms. The molecule has 0 saturated heterocycles. The first-order chi connectivity index (χ1) is 7.61. The van der Waals surface area contributed by atoms with Gasteiger partial charge in [0.25, 0.3) is 0 Å².